The Morgan fingerprint density at radius 1 is 1.14 bits per heavy atom. The molecule has 2 atom stereocenters. The average Bonchev–Trinajstić information content (AvgIpc) is 2.16. The van der Waals surface area contributed by atoms with E-state index >= 15 is 0 Å². The molecular weight excluding hydrogens is 176 g/mol. The van der Waals surface area contributed by atoms with Gasteiger partial charge in [0.15, 0.2) is 0 Å². The SMILES string of the molecule is CCC(CC(C)O)CC(O)(CC)CC. The second kappa shape index (κ2) is 6.41. The van der Waals surface area contributed by atoms with Gasteiger partial charge in [0.25, 0.3) is 0 Å². The summed E-state index contributed by atoms with van der Waals surface area (Å²) in [5.74, 6) is 0.444. The highest BCUT2D eigenvalue weighted by Gasteiger charge is 2.26. The number of rotatable bonds is 7. The Labute approximate surface area is 88.3 Å². The average molecular weight is 202 g/mol. The molecule has 2 heteroatoms. The molecule has 0 aromatic carbocycles. The summed E-state index contributed by atoms with van der Waals surface area (Å²) < 4.78 is 0. The van der Waals surface area contributed by atoms with Crippen LogP contribution in [0.1, 0.15) is 59.8 Å². The lowest BCUT2D eigenvalue weighted by Crippen LogP contribution is -2.30. The van der Waals surface area contributed by atoms with E-state index in [1.54, 1.807) is 0 Å². The van der Waals surface area contributed by atoms with Crippen molar-refractivity contribution in [3.05, 3.63) is 0 Å². The van der Waals surface area contributed by atoms with E-state index in [0.29, 0.717) is 5.92 Å². The quantitative estimate of drug-likeness (QED) is 0.666. The van der Waals surface area contributed by atoms with Crippen molar-refractivity contribution in [1.29, 1.82) is 0 Å². The van der Waals surface area contributed by atoms with Crippen LogP contribution in [0.4, 0.5) is 0 Å². The van der Waals surface area contributed by atoms with Crippen molar-refractivity contribution >= 4 is 0 Å². The number of aliphatic hydroxyl groups excluding tert-OH is 1. The highest BCUT2D eigenvalue weighted by molar-refractivity contribution is 4.79. The van der Waals surface area contributed by atoms with Gasteiger partial charge in [0.1, 0.15) is 0 Å². The lowest BCUT2D eigenvalue weighted by atomic mass is 9.82. The summed E-state index contributed by atoms with van der Waals surface area (Å²) >= 11 is 0. The van der Waals surface area contributed by atoms with Crippen molar-refractivity contribution in [1.82, 2.24) is 0 Å². The topological polar surface area (TPSA) is 40.5 Å². The van der Waals surface area contributed by atoms with E-state index < -0.39 is 5.60 Å². The third-order valence-electron chi connectivity index (χ3n) is 3.24. The zero-order valence-electron chi connectivity index (χ0n) is 10.1. The summed E-state index contributed by atoms with van der Waals surface area (Å²) in [5.41, 5.74) is -0.518. The van der Waals surface area contributed by atoms with Gasteiger partial charge in [-0.05, 0) is 38.5 Å². The fourth-order valence-electron chi connectivity index (χ4n) is 1.95. The summed E-state index contributed by atoms with van der Waals surface area (Å²) in [5, 5.41) is 19.5. The van der Waals surface area contributed by atoms with Crippen LogP contribution >= 0.6 is 0 Å². The highest BCUT2D eigenvalue weighted by atomic mass is 16.3. The van der Waals surface area contributed by atoms with Gasteiger partial charge in [-0.15, -0.1) is 0 Å². The first kappa shape index (κ1) is 13.9. The minimum absolute atomic E-state index is 0.252. The zero-order valence-corrected chi connectivity index (χ0v) is 10.1. The van der Waals surface area contributed by atoms with Crippen LogP contribution in [0, 0.1) is 5.92 Å². The molecule has 0 fully saturated rings. The fourth-order valence-corrected chi connectivity index (χ4v) is 1.95. The van der Waals surface area contributed by atoms with Crippen molar-refractivity contribution in [2.75, 3.05) is 0 Å². The number of hydrogen-bond donors (Lipinski definition) is 2. The van der Waals surface area contributed by atoms with Crippen molar-refractivity contribution < 1.29 is 10.2 Å². The zero-order chi connectivity index (χ0) is 11.2. The number of aliphatic hydroxyl groups is 2. The molecule has 0 heterocycles. The lowest BCUT2D eigenvalue weighted by molar-refractivity contribution is 0.000453. The third-order valence-corrected chi connectivity index (χ3v) is 3.24. The van der Waals surface area contributed by atoms with E-state index in [0.717, 1.165) is 32.1 Å². The maximum absolute atomic E-state index is 10.2. The molecule has 0 aliphatic rings. The molecule has 0 spiro atoms. The van der Waals surface area contributed by atoms with Crippen molar-refractivity contribution in [3.8, 4) is 0 Å². The summed E-state index contributed by atoms with van der Waals surface area (Å²) in [6.07, 6.45) is 4.02. The molecule has 14 heavy (non-hydrogen) atoms. The standard InChI is InChI=1S/C12H26O2/c1-5-11(8-10(4)13)9-12(14,6-2)7-3/h10-11,13-14H,5-9H2,1-4H3. The highest BCUT2D eigenvalue weighted by Crippen LogP contribution is 2.28. The lowest BCUT2D eigenvalue weighted by Gasteiger charge is -2.30. The molecule has 0 saturated heterocycles. The second-order valence-corrected chi connectivity index (χ2v) is 4.49. The van der Waals surface area contributed by atoms with E-state index in [-0.39, 0.29) is 6.10 Å². The van der Waals surface area contributed by atoms with Crippen LogP contribution in [-0.2, 0) is 0 Å². The largest absolute Gasteiger partial charge is 0.393 e. The molecule has 2 nitrogen and oxygen atoms in total. The third kappa shape index (κ3) is 4.97. The molecule has 0 aliphatic carbocycles. The predicted octanol–water partition coefficient (Wildman–Crippen LogP) is 2.72. The van der Waals surface area contributed by atoms with Crippen LogP contribution in [-0.4, -0.2) is 21.9 Å². The molecular formula is C12H26O2. The molecule has 0 aromatic rings. The van der Waals surface area contributed by atoms with Gasteiger partial charge in [0.2, 0.25) is 0 Å². The first-order valence-corrected chi connectivity index (χ1v) is 5.87. The van der Waals surface area contributed by atoms with Crippen molar-refractivity contribution in [2.45, 2.75) is 71.5 Å². The molecule has 0 amide bonds. The molecule has 86 valence electrons. The molecule has 0 saturated carbocycles. The van der Waals surface area contributed by atoms with Crippen LogP contribution in [0.5, 0.6) is 0 Å². The Morgan fingerprint density at radius 2 is 1.64 bits per heavy atom. The Bertz CT molecular complexity index is 139. The van der Waals surface area contributed by atoms with Gasteiger partial charge >= 0.3 is 0 Å². The summed E-state index contributed by atoms with van der Waals surface area (Å²) in [4.78, 5) is 0. The Hall–Kier alpha value is -0.0800. The van der Waals surface area contributed by atoms with E-state index in [4.69, 9.17) is 0 Å². The van der Waals surface area contributed by atoms with Crippen LogP contribution < -0.4 is 0 Å². The van der Waals surface area contributed by atoms with Crippen LogP contribution in [0.15, 0.2) is 0 Å². The molecule has 0 radical (unpaired) electrons. The van der Waals surface area contributed by atoms with Gasteiger partial charge in [-0.3, -0.25) is 0 Å². The van der Waals surface area contributed by atoms with E-state index in [1.165, 1.54) is 0 Å². The monoisotopic (exact) mass is 202 g/mol. The summed E-state index contributed by atoms with van der Waals surface area (Å²) in [6, 6.07) is 0. The van der Waals surface area contributed by atoms with Crippen LogP contribution in [0.25, 0.3) is 0 Å². The van der Waals surface area contributed by atoms with Crippen molar-refractivity contribution in [3.63, 3.8) is 0 Å². The molecule has 0 rings (SSSR count). The molecule has 2 unspecified atom stereocenters. The summed E-state index contributed by atoms with van der Waals surface area (Å²) in [6.45, 7) is 8.00. The van der Waals surface area contributed by atoms with Gasteiger partial charge in [0.05, 0.1) is 11.7 Å². The molecule has 0 bridgehead atoms. The molecule has 2 N–H and O–H groups in total. The van der Waals surface area contributed by atoms with Gasteiger partial charge in [-0.2, -0.15) is 0 Å². The first-order chi connectivity index (χ1) is 6.47. The normalized spacial score (nSPS) is 16.7. The fraction of sp³-hybridized carbons (Fsp3) is 1.00. The smallest absolute Gasteiger partial charge is 0.0645 e. The van der Waals surface area contributed by atoms with Crippen LogP contribution in [0.3, 0.4) is 0 Å². The Morgan fingerprint density at radius 3 is 1.93 bits per heavy atom. The molecule has 0 aliphatic heterocycles. The Kier molecular flexibility index (Phi) is 6.38. The van der Waals surface area contributed by atoms with Gasteiger partial charge in [0, 0.05) is 0 Å². The minimum Gasteiger partial charge on any atom is -0.393 e. The van der Waals surface area contributed by atoms with Gasteiger partial charge in [-0.25, -0.2) is 0 Å². The van der Waals surface area contributed by atoms with Crippen molar-refractivity contribution in [2.24, 2.45) is 5.92 Å². The molecule has 0 aromatic heterocycles. The second-order valence-electron chi connectivity index (χ2n) is 4.49. The van der Waals surface area contributed by atoms with Gasteiger partial charge in [-0.1, -0.05) is 27.2 Å². The van der Waals surface area contributed by atoms with E-state index in [2.05, 4.69) is 6.92 Å². The maximum Gasteiger partial charge on any atom is 0.0645 e. The summed E-state index contributed by atoms with van der Waals surface area (Å²) in [7, 11) is 0. The first-order valence-electron chi connectivity index (χ1n) is 5.87. The van der Waals surface area contributed by atoms with Gasteiger partial charge < -0.3 is 10.2 Å². The Balaban J connectivity index is 4.14. The maximum atomic E-state index is 10.2. The number of hydrogen-bond acceptors (Lipinski definition) is 2. The van der Waals surface area contributed by atoms with Crippen LogP contribution in [0.2, 0.25) is 0 Å². The van der Waals surface area contributed by atoms with E-state index in [9.17, 15) is 10.2 Å². The minimum atomic E-state index is -0.518. The predicted molar refractivity (Wildman–Crippen MR) is 60.2 cm³/mol. The van der Waals surface area contributed by atoms with E-state index in [1.807, 2.05) is 20.8 Å².